The molecule has 5 heteroatoms. The highest BCUT2D eigenvalue weighted by atomic mass is 16.4. The Bertz CT molecular complexity index is 488. The standard InChI is InChI=1S/C15H20N2O3/c18-14(19)7-3-4-8-16-15(20)13-9-11-5-1-2-6-12(11)10-17-13/h1-2,5-6,13,17H,3-4,7-10H2,(H,16,20)(H,18,19)/t13-/m0/s1. The molecule has 1 aliphatic rings. The summed E-state index contributed by atoms with van der Waals surface area (Å²) in [7, 11) is 0. The fourth-order valence-electron chi connectivity index (χ4n) is 2.38. The molecule has 108 valence electrons. The van der Waals surface area contributed by atoms with E-state index in [2.05, 4.69) is 22.8 Å². The highest BCUT2D eigenvalue weighted by Gasteiger charge is 2.23. The van der Waals surface area contributed by atoms with E-state index in [0.717, 1.165) is 0 Å². The molecule has 0 spiro atoms. The second-order valence-corrected chi connectivity index (χ2v) is 5.05. The van der Waals surface area contributed by atoms with Crippen LogP contribution in [-0.4, -0.2) is 29.6 Å². The molecule has 0 radical (unpaired) electrons. The Hall–Kier alpha value is -1.88. The number of unbranched alkanes of at least 4 members (excludes halogenated alkanes) is 1. The Morgan fingerprint density at radius 1 is 1.25 bits per heavy atom. The van der Waals surface area contributed by atoms with Crippen molar-refractivity contribution in [2.45, 2.75) is 38.3 Å². The van der Waals surface area contributed by atoms with Crippen LogP contribution in [0.25, 0.3) is 0 Å². The Morgan fingerprint density at radius 2 is 2.00 bits per heavy atom. The summed E-state index contributed by atoms with van der Waals surface area (Å²) in [6.07, 6.45) is 2.15. The monoisotopic (exact) mass is 276 g/mol. The van der Waals surface area contributed by atoms with Gasteiger partial charge in [-0.1, -0.05) is 24.3 Å². The van der Waals surface area contributed by atoms with Gasteiger partial charge in [-0.3, -0.25) is 9.59 Å². The molecule has 0 bridgehead atoms. The van der Waals surface area contributed by atoms with Crippen LogP contribution in [-0.2, 0) is 22.6 Å². The van der Waals surface area contributed by atoms with Crippen molar-refractivity contribution in [2.75, 3.05) is 6.54 Å². The molecule has 1 atom stereocenters. The summed E-state index contributed by atoms with van der Waals surface area (Å²) < 4.78 is 0. The highest BCUT2D eigenvalue weighted by molar-refractivity contribution is 5.82. The number of hydrogen-bond acceptors (Lipinski definition) is 3. The summed E-state index contributed by atoms with van der Waals surface area (Å²) in [5.41, 5.74) is 2.47. The van der Waals surface area contributed by atoms with Crippen LogP contribution in [0.1, 0.15) is 30.4 Å². The first-order chi connectivity index (χ1) is 9.66. The third kappa shape index (κ3) is 4.06. The molecule has 0 saturated carbocycles. The first kappa shape index (κ1) is 14.5. The van der Waals surface area contributed by atoms with E-state index in [1.807, 2.05) is 12.1 Å². The molecule has 0 fully saturated rings. The first-order valence-electron chi connectivity index (χ1n) is 6.96. The second kappa shape index (κ2) is 7.05. The molecule has 0 unspecified atom stereocenters. The average Bonchev–Trinajstić information content (AvgIpc) is 2.46. The van der Waals surface area contributed by atoms with Crippen LogP contribution < -0.4 is 10.6 Å². The highest BCUT2D eigenvalue weighted by Crippen LogP contribution is 2.16. The van der Waals surface area contributed by atoms with Gasteiger partial charge in [0.15, 0.2) is 0 Å². The van der Waals surface area contributed by atoms with E-state index in [0.29, 0.717) is 32.4 Å². The van der Waals surface area contributed by atoms with Crippen LogP contribution in [0.2, 0.25) is 0 Å². The number of aliphatic carboxylic acids is 1. The SMILES string of the molecule is O=C(O)CCCCNC(=O)[C@@H]1Cc2ccccc2CN1. The number of carbonyl (C=O) groups is 2. The predicted octanol–water partition coefficient (Wildman–Crippen LogP) is 1.07. The van der Waals surface area contributed by atoms with Crippen LogP contribution in [0.3, 0.4) is 0 Å². The smallest absolute Gasteiger partial charge is 0.303 e. The van der Waals surface area contributed by atoms with Crippen molar-refractivity contribution in [3.8, 4) is 0 Å². The van der Waals surface area contributed by atoms with Gasteiger partial charge in [-0.2, -0.15) is 0 Å². The van der Waals surface area contributed by atoms with Crippen LogP contribution in [0.5, 0.6) is 0 Å². The molecule has 5 nitrogen and oxygen atoms in total. The summed E-state index contributed by atoms with van der Waals surface area (Å²) in [5.74, 6) is -0.795. The minimum atomic E-state index is -0.790. The molecule has 1 aromatic carbocycles. The van der Waals surface area contributed by atoms with E-state index >= 15 is 0 Å². The molecule has 3 N–H and O–H groups in total. The first-order valence-corrected chi connectivity index (χ1v) is 6.96. The average molecular weight is 276 g/mol. The second-order valence-electron chi connectivity index (χ2n) is 5.05. The molecular weight excluding hydrogens is 256 g/mol. The lowest BCUT2D eigenvalue weighted by molar-refractivity contribution is -0.137. The predicted molar refractivity (Wildman–Crippen MR) is 75.3 cm³/mol. The number of hydrogen-bond donors (Lipinski definition) is 3. The van der Waals surface area contributed by atoms with E-state index < -0.39 is 5.97 Å². The van der Waals surface area contributed by atoms with Crippen molar-refractivity contribution in [3.05, 3.63) is 35.4 Å². The van der Waals surface area contributed by atoms with Gasteiger partial charge in [0.2, 0.25) is 5.91 Å². The quantitative estimate of drug-likeness (QED) is 0.679. The number of nitrogens with one attached hydrogen (secondary N) is 2. The van der Waals surface area contributed by atoms with Crippen LogP contribution in [0.15, 0.2) is 24.3 Å². The molecule has 1 amide bonds. The normalized spacial score (nSPS) is 17.3. The van der Waals surface area contributed by atoms with Crippen LogP contribution >= 0.6 is 0 Å². The van der Waals surface area contributed by atoms with E-state index in [1.54, 1.807) is 0 Å². The topological polar surface area (TPSA) is 78.4 Å². The number of fused-ring (bicyclic) bond motifs is 1. The maximum atomic E-state index is 12.0. The van der Waals surface area contributed by atoms with Crippen LogP contribution in [0.4, 0.5) is 0 Å². The van der Waals surface area contributed by atoms with Crippen molar-refractivity contribution in [1.82, 2.24) is 10.6 Å². The lowest BCUT2D eigenvalue weighted by atomic mass is 9.95. The Labute approximate surface area is 118 Å². The Balaban J connectivity index is 1.73. The molecular formula is C15H20N2O3. The van der Waals surface area contributed by atoms with E-state index in [-0.39, 0.29) is 18.4 Å². The molecule has 1 aliphatic heterocycles. The zero-order valence-corrected chi connectivity index (χ0v) is 11.4. The molecule has 1 aromatic rings. The molecule has 20 heavy (non-hydrogen) atoms. The summed E-state index contributed by atoms with van der Waals surface area (Å²) in [4.78, 5) is 22.4. The number of benzene rings is 1. The molecule has 0 aliphatic carbocycles. The fraction of sp³-hybridized carbons (Fsp3) is 0.467. The zero-order valence-electron chi connectivity index (χ0n) is 11.4. The third-order valence-corrected chi connectivity index (χ3v) is 3.51. The number of carboxylic acids is 1. The molecule has 2 rings (SSSR count). The molecule has 0 aromatic heterocycles. The number of amides is 1. The summed E-state index contributed by atoms with van der Waals surface area (Å²) in [6.45, 7) is 1.25. The van der Waals surface area contributed by atoms with Gasteiger partial charge in [-0.15, -0.1) is 0 Å². The lowest BCUT2D eigenvalue weighted by Crippen LogP contribution is -2.47. The van der Waals surface area contributed by atoms with Crippen molar-refractivity contribution in [2.24, 2.45) is 0 Å². The molecule has 1 heterocycles. The molecule has 0 saturated heterocycles. The minimum Gasteiger partial charge on any atom is -0.481 e. The zero-order chi connectivity index (χ0) is 14.4. The van der Waals surface area contributed by atoms with E-state index in [9.17, 15) is 9.59 Å². The summed E-state index contributed by atoms with van der Waals surface area (Å²) in [5, 5.41) is 14.6. The van der Waals surface area contributed by atoms with Gasteiger partial charge in [0.25, 0.3) is 0 Å². The van der Waals surface area contributed by atoms with Crippen molar-refractivity contribution in [1.29, 1.82) is 0 Å². The third-order valence-electron chi connectivity index (χ3n) is 3.51. The van der Waals surface area contributed by atoms with Gasteiger partial charge < -0.3 is 15.7 Å². The largest absolute Gasteiger partial charge is 0.481 e. The number of carbonyl (C=O) groups excluding carboxylic acids is 1. The van der Waals surface area contributed by atoms with Gasteiger partial charge in [0, 0.05) is 19.5 Å². The summed E-state index contributed by atoms with van der Waals surface area (Å²) >= 11 is 0. The number of carboxylic acid groups (broad SMARTS) is 1. The van der Waals surface area contributed by atoms with Gasteiger partial charge in [-0.05, 0) is 30.4 Å². The van der Waals surface area contributed by atoms with Crippen molar-refractivity contribution < 1.29 is 14.7 Å². The summed E-state index contributed by atoms with van der Waals surface area (Å²) in [6, 6.07) is 7.93. The van der Waals surface area contributed by atoms with Crippen LogP contribution in [0, 0.1) is 0 Å². The van der Waals surface area contributed by atoms with E-state index in [4.69, 9.17) is 5.11 Å². The Kier molecular flexibility index (Phi) is 5.12. The van der Waals surface area contributed by atoms with Gasteiger partial charge in [-0.25, -0.2) is 0 Å². The fourth-order valence-corrected chi connectivity index (χ4v) is 2.38. The van der Waals surface area contributed by atoms with Crippen molar-refractivity contribution >= 4 is 11.9 Å². The maximum Gasteiger partial charge on any atom is 0.303 e. The lowest BCUT2D eigenvalue weighted by Gasteiger charge is -2.25. The number of rotatable bonds is 6. The van der Waals surface area contributed by atoms with Gasteiger partial charge in [0.1, 0.15) is 0 Å². The van der Waals surface area contributed by atoms with Gasteiger partial charge in [0.05, 0.1) is 6.04 Å². The maximum absolute atomic E-state index is 12.0. The van der Waals surface area contributed by atoms with Gasteiger partial charge >= 0.3 is 5.97 Å². The van der Waals surface area contributed by atoms with Crippen molar-refractivity contribution in [3.63, 3.8) is 0 Å². The Morgan fingerprint density at radius 3 is 2.75 bits per heavy atom. The minimum absolute atomic E-state index is 0.00479. The van der Waals surface area contributed by atoms with E-state index in [1.165, 1.54) is 11.1 Å².